The van der Waals surface area contributed by atoms with E-state index in [0.29, 0.717) is 34.1 Å². The Balaban J connectivity index is 1.29. The van der Waals surface area contributed by atoms with E-state index in [0.717, 1.165) is 24.0 Å². The first-order valence-corrected chi connectivity index (χ1v) is 13.0. The first-order valence-electron chi connectivity index (χ1n) is 11.6. The third-order valence-corrected chi connectivity index (χ3v) is 9.26. The van der Waals surface area contributed by atoms with Gasteiger partial charge in [-0.15, -0.1) is 0 Å². The number of hydrogen-bond donors (Lipinski definition) is 1. The Hall–Kier alpha value is -2.83. The zero-order chi connectivity index (χ0) is 25.3. The molecule has 1 saturated carbocycles. The fourth-order valence-electron chi connectivity index (χ4n) is 6.03. The molecule has 2 heterocycles. The molecule has 1 N–H and O–H groups in total. The molecule has 1 saturated heterocycles. The van der Waals surface area contributed by atoms with Crippen molar-refractivity contribution in [3.05, 3.63) is 59.4 Å². The van der Waals surface area contributed by atoms with Gasteiger partial charge in [-0.2, -0.15) is 35.6 Å². The molecule has 0 unspecified atom stereocenters. The fraction of sp³-hybridized carbons (Fsp3) is 0.417. The molecule has 0 amide bonds. The molecule has 2 bridgehead atoms. The van der Waals surface area contributed by atoms with E-state index in [9.17, 15) is 26.0 Å². The number of fused-ring (bicyclic) bond motifs is 1. The highest BCUT2D eigenvalue weighted by atomic mass is 32.2. The van der Waals surface area contributed by atoms with Gasteiger partial charge in [-0.1, -0.05) is 17.3 Å². The lowest BCUT2D eigenvalue weighted by molar-refractivity contribution is -0.136. The summed E-state index contributed by atoms with van der Waals surface area (Å²) in [5.41, 5.74) is 2.41. The number of rotatable bonds is 3. The van der Waals surface area contributed by atoms with Crippen molar-refractivity contribution >= 4 is 10.2 Å². The van der Waals surface area contributed by atoms with Gasteiger partial charge in [0.05, 0.1) is 5.54 Å². The second-order valence-corrected chi connectivity index (χ2v) is 11.5. The number of halogens is 4. The largest absolute Gasteiger partial charge is 0.402 e. The summed E-state index contributed by atoms with van der Waals surface area (Å²) in [6.07, 6.45) is -2.03. The number of benzene rings is 2. The molecule has 2 fully saturated rings. The van der Waals surface area contributed by atoms with Crippen molar-refractivity contribution in [1.82, 2.24) is 19.2 Å². The first-order chi connectivity index (χ1) is 17.0. The summed E-state index contributed by atoms with van der Waals surface area (Å²) in [5, 5.41) is 4.05. The molecule has 3 aliphatic rings. The summed E-state index contributed by atoms with van der Waals surface area (Å²) >= 11 is 0. The zero-order valence-corrected chi connectivity index (χ0v) is 19.7. The van der Waals surface area contributed by atoms with E-state index in [-0.39, 0.29) is 30.1 Å². The van der Waals surface area contributed by atoms with Crippen molar-refractivity contribution in [3.63, 3.8) is 0 Å². The van der Waals surface area contributed by atoms with E-state index in [2.05, 4.69) is 14.9 Å². The van der Waals surface area contributed by atoms with Crippen LogP contribution in [0, 0.1) is 17.7 Å². The van der Waals surface area contributed by atoms with Gasteiger partial charge >= 0.3 is 6.18 Å². The highest BCUT2D eigenvalue weighted by molar-refractivity contribution is 7.87. The Labute approximate surface area is 204 Å². The highest BCUT2D eigenvalue weighted by Crippen LogP contribution is 2.50. The van der Waals surface area contributed by atoms with Crippen molar-refractivity contribution in [1.29, 1.82) is 0 Å². The SMILES string of the molecule is O=S1(=O)N[C@]2(CN1CC(F)(F)F)[C@@H]1CC[C@H]2Cc2cc(-c3noc(-c4ccc(F)cc4)n3)ccc2C1. The van der Waals surface area contributed by atoms with Gasteiger partial charge in [-0.25, -0.2) is 4.39 Å². The monoisotopic (exact) mass is 522 g/mol. The van der Waals surface area contributed by atoms with E-state index >= 15 is 0 Å². The second kappa shape index (κ2) is 8.09. The van der Waals surface area contributed by atoms with Gasteiger partial charge in [0.2, 0.25) is 5.82 Å². The van der Waals surface area contributed by atoms with Crippen LogP contribution in [-0.2, 0) is 23.1 Å². The van der Waals surface area contributed by atoms with E-state index in [1.54, 1.807) is 12.1 Å². The Morgan fingerprint density at radius 1 is 1.03 bits per heavy atom. The molecule has 1 aliphatic heterocycles. The molecule has 12 heteroatoms. The van der Waals surface area contributed by atoms with Crippen LogP contribution in [-0.4, -0.2) is 47.7 Å². The van der Waals surface area contributed by atoms with Crippen LogP contribution in [0.5, 0.6) is 0 Å². The third kappa shape index (κ3) is 4.00. The molecule has 1 spiro atoms. The van der Waals surface area contributed by atoms with Crippen LogP contribution >= 0.6 is 0 Å². The first kappa shape index (κ1) is 23.6. The van der Waals surface area contributed by atoms with Gasteiger partial charge in [-0.05, 0) is 79.0 Å². The average Bonchev–Trinajstić information content (AvgIpc) is 3.43. The number of alkyl halides is 3. The number of aromatic nitrogens is 2. The molecule has 7 nitrogen and oxygen atoms in total. The number of nitrogens with zero attached hydrogens (tertiary/aromatic N) is 3. The van der Waals surface area contributed by atoms with Crippen molar-refractivity contribution in [3.8, 4) is 22.8 Å². The van der Waals surface area contributed by atoms with Crippen LogP contribution in [0.1, 0.15) is 24.0 Å². The Morgan fingerprint density at radius 3 is 2.39 bits per heavy atom. The summed E-state index contributed by atoms with van der Waals surface area (Å²) in [7, 11) is -4.23. The van der Waals surface area contributed by atoms with Crippen molar-refractivity contribution in [2.75, 3.05) is 13.1 Å². The summed E-state index contributed by atoms with van der Waals surface area (Å²) < 4.78 is 86.3. The molecule has 3 atom stereocenters. The summed E-state index contributed by atoms with van der Waals surface area (Å²) in [6, 6.07) is 11.5. The lowest BCUT2D eigenvalue weighted by Crippen LogP contribution is -2.52. The molecule has 0 radical (unpaired) electrons. The normalized spacial score (nSPS) is 27.3. The number of hydrogen-bond acceptors (Lipinski definition) is 5. The standard InChI is InChI=1S/C24H22F4N4O3S/c25-20-7-3-14(4-8-20)22-29-21(30-35-22)16-2-1-15-10-18-5-6-19(11-17(15)9-16)23(18)12-32(13-24(26,27)28)36(33,34)31-23/h1-4,7-9,18-19,31H,5-6,10-13H2/t18-,19+,23-/m1/s1. The lowest BCUT2D eigenvalue weighted by atomic mass is 9.79. The van der Waals surface area contributed by atoms with E-state index in [1.807, 2.05) is 18.2 Å². The van der Waals surface area contributed by atoms with Crippen LogP contribution in [0.3, 0.4) is 0 Å². The maximum absolute atomic E-state index is 13.2. The highest BCUT2D eigenvalue weighted by Gasteiger charge is 2.60. The minimum Gasteiger partial charge on any atom is -0.334 e. The molecule has 3 aromatic rings. The van der Waals surface area contributed by atoms with Crippen LogP contribution in [0.4, 0.5) is 17.6 Å². The van der Waals surface area contributed by atoms with Gasteiger partial charge in [-0.3, -0.25) is 0 Å². The quantitative estimate of drug-likeness (QED) is 0.523. The van der Waals surface area contributed by atoms with Crippen LogP contribution in [0.15, 0.2) is 47.0 Å². The summed E-state index contributed by atoms with van der Waals surface area (Å²) in [5.74, 6) is 0.00884. The second-order valence-electron chi connectivity index (χ2n) is 9.82. The maximum atomic E-state index is 13.2. The van der Waals surface area contributed by atoms with E-state index < -0.39 is 28.5 Å². The Kier molecular flexibility index (Phi) is 5.29. The molecular formula is C24H22F4N4O3S. The van der Waals surface area contributed by atoms with Crippen LogP contribution in [0.25, 0.3) is 22.8 Å². The number of nitrogens with one attached hydrogen (secondary N) is 1. The molecule has 36 heavy (non-hydrogen) atoms. The minimum absolute atomic E-state index is 0.0992. The minimum atomic E-state index is -4.61. The molecule has 2 aliphatic carbocycles. The predicted molar refractivity (Wildman–Crippen MR) is 121 cm³/mol. The molecule has 1 aromatic heterocycles. The fourth-order valence-corrected chi connectivity index (χ4v) is 7.74. The Bertz CT molecular complexity index is 1420. The van der Waals surface area contributed by atoms with Gasteiger partial charge in [0, 0.05) is 17.7 Å². The van der Waals surface area contributed by atoms with E-state index in [4.69, 9.17) is 4.52 Å². The maximum Gasteiger partial charge on any atom is 0.402 e. The molecule has 6 rings (SSSR count). The Morgan fingerprint density at radius 2 is 1.69 bits per heavy atom. The van der Waals surface area contributed by atoms with Gasteiger partial charge in [0.15, 0.2) is 0 Å². The smallest absolute Gasteiger partial charge is 0.334 e. The van der Waals surface area contributed by atoms with Crippen molar-refractivity contribution < 1.29 is 30.5 Å². The van der Waals surface area contributed by atoms with E-state index in [1.165, 1.54) is 12.1 Å². The average molecular weight is 523 g/mol. The molecule has 190 valence electrons. The van der Waals surface area contributed by atoms with Gasteiger partial charge in [0.1, 0.15) is 12.4 Å². The van der Waals surface area contributed by atoms with Crippen LogP contribution in [0.2, 0.25) is 0 Å². The predicted octanol–water partition coefficient (Wildman–Crippen LogP) is 4.12. The van der Waals surface area contributed by atoms with Gasteiger partial charge in [0.25, 0.3) is 16.1 Å². The summed E-state index contributed by atoms with van der Waals surface area (Å²) in [6.45, 7) is -1.67. The summed E-state index contributed by atoms with van der Waals surface area (Å²) in [4.78, 5) is 4.43. The topological polar surface area (TPSA) is 88.3 Å². The van der Waals surface area contributed by atoms with Crippen molar-refractivity contribution in [2.45, 2.75) is 37.4 Å². The molecule has 2 aromatic carbocycles. The van der Waals surface area contributed by atoms with Crippen LogP contribution < -0.4 is 4.72 Å². The third-order valence-electron chi connectivity index (χ3n) is 7.69. The van der Waals surface area contributed by atoms with Gasteiger partial charge < -0.3 is 4.52 Å². The van der Waals surface area contributed by atoms with Crippen molar-refractivity contribution in [2.24, 2.45) is 11.8 Å². The molecular weight excluding hydrogens is 500 g/mol. The lowest BCUT2D eigenvalue weighted by Gasteiger charge is -2.33. The zero-order valence-electron chi connectivity index (χ0n) is 18.9.